The minimum atomic E-state index is -0.651. The predicted octanol–water partition coefficient (Wildman–Crippen LogP) is 2.15. The summed E-state index contributed by atoms with van der Waals surface area (Å²) >= 11 is 0. The Balaban J connectivity index is 1.88. The largest absolute Gasteiger partial charge is 0.497 e. The van der Waals surface area contributed by atoms with Crippen molar-refractivity contribution in [2.75, 3.05) is 27.4 Å². The highest BCUT2D eigenvalue weighted by Crippen LogP contribution is 2.35. The summed E-state index contributed by atoms with van der Waals surface area (Å²) in [6.07, 6.45) is 0. The number of rotatable bonds is 7. The zero-order valence-corrected chi connectivity index (χ0v) is 14.9. The van der Waals surface area contributed by atoms with Gasteiger partial charge in [-0.3, -0.25) is 9.59 Å². The highest BCUT2D eigenvalue weighted by molar-refractivity contribution is 6.04. The molecule has 0 saturated carbocycles. The third-order valence-electron chi connectivity index (χ3n) is 4.40. The third-order valence-corrected chi connectivity index (χ3v) is 4.40. The topological polar surface area (TPSA) is 67.9 Å². The molecule has 1 aliphatic rings. The molecule has 3 rings (SSSR count). The lowest BCUT2D eigenvalue weighted by Gasteiger charge is -2.25. The van der Waals surface area contributed by atoms with Gasteiger partial charge in [-0.1, -0.05) is 30.3 Å². The van der Waals surface area contributed by atoms with Gasteiger partial charge in [0.2, 0.25) is 5.91 Å². The van der Waals surface area contributed by atoms with Gasteiger partial charge in [0.15, 0.2) is 0 Å². The van der Waals surface area contributed by atoms with Crippen LogP contribution < -0.4 is 10.1 Å². The Morgan fingerprint density at radius 2 is 1.96 bits per heavy atom. The second-order valence-electron chi connectivity index (χ2n) is 6.06. The Labute approximate surface area is 152 Å². The summed E-state index contributed by atoms with van der Waals surface area (Å²) < 4.78 is 10.2. The number of carbonyl (C=O) groups excluding carboxylic acids is 2. The van der Waals surface area contributed by atoms with Crippen LogP contribution in [0.5, 0.6) is 5.75 Å². The maximum atomic E-state index is 12.9. The van der Waals surface area contributed by atoms with E-state index in [1.54, 1.807) is 25.2 Å². The molecule has 0 aliphatic carbocycles. The molecule has 0 spiro atoms. The van der Waals surface area contributed by atoms with Crippen molar-refractivity contribution in [3.05, 3.63) is 65.2 Å². The number of methoxy groups -OCH3 is 2. The first-order valence-electron chi connectivity index (χ1n) is 8.45. The smallest absolute Gasteiger partial charge is 0.255 e. The standard InChI is InChI=1S/C20H22N2O4/c1-25-11-10-21-19(23)18-16-8-3-4-9-17(16)20(24)22(18)13-14-6-5-7-15(12-14)26-2/h3-9,12,18H,10-11,13H2,1-2H3,(H,21,23). The Hall–Kier alpha value is -2.86. The molecule has 6 nitrogen and oxygen atoms in total. The van der Waals surface area contributed by atoms with E-state index in [1.807, 2.05) is 42.5 Å². The molecular weight excluding hydrogens is 332 g/mol. The van der Waals surface area contributed by atoms with Crippen LogP contribution >= 0.6 is 0 Å². The lowest BCUT2D eigenvalue weighted by atomic mass is 10.0. The normalized spacial score (nSPS) is 15.7. The molecule has 1 aliphatic heterocycles. The molecule has 26 heavy (non-hydrogen) atoms. The maximum absolute atomic E-state index is 12.9. The molecule has 1 atom stereocenters. The van der Waals surface area contributed by atoms with E-state index in [9.17, 15) is 9.59 Å². The van der Waals surface area contributed by atoms with Crippen LogP contribution in [0.1, 0.15) is 27.5 Å². The van der Waals surface area contributed by atoms with Crippen molar-refractivity contribution in [1.29, 1.82) is 0 Å². The molecule has 2 aromatic rings. The van der Waals surface area contributed by atoms with Gasteiger partial charge in [0.05, 0.1) is 13.7 Å². The lowest BCUT2D eigenvalue weighted by Crippen LogP contribution is -2.39. The first kappa shape index (κ1) is 17.9. The molecule has 2 aromatic carbocycles. The third kappa shape index (κ3) is 3.55. The number of ether oxygens (including phenoxy) is 2. The van der Waals surface area contributed by atoms with E-state index in [-0.39, 0.29) is 11.8 Å². The van der Waals surface area contributed by atoms with Crippen LogP contribution in [-0.2, 0) is 16.1 Å². The van der Waals surface area contributed by atoms with E-state index >= 15 is 0 Å². The molecule has 0 fully saturated rings. The zero-order valence-electron chi connectivity index (χ0n) is 14.9. The van der Waals surface area contributed by atoms with Crippen LogP contribution in [0.2, 0.25) is 0 Å². The number of hydrogen-bond acceptors (Lipinski definition) is 4. The van der Waals surface area contributed by atoms with Gasteiger partial charge in [-0.05, 0) is 29.3 Å². The fourth-order valence-electron chi connectivity index (χ4n) is 3.16. The fourth-order valence-corrected chi connectivity index (χ4v) is 3.16. The van der Waals surface area contributed by atoms with Gasteiger partial charge in [-0.15, -0.1) is 0 Å². The van der Waals surface area contributed by atoms with E-state index in [1.165, 1.54) is 0 Å². The Bertz CT molecular complexity index is 806. The van der Waals surface area contributed by atoms with Crippen molar-refractivity contribution >= 4 is 11.8 Å². The number of hydrogen-bond donors (Lipinski definition) is 1. The summed E-state index contributed by atoms with van der Waals surface area (Å²) in [5, 5.41) is 2.84. The van der Waals surface area contributed by atoms with Gasteiger partial charge >= 0.3 is 0 Å². The highest BCUT2D eigenvalue weighted by Gasteiger charge is 2.40. The molecule has 0 aromatic heterocycles. The molecular formula is C20H22N2O4. The van der Waals surface area contributed by atoms with Gasteiger partial charge in [0.1, 0.15) is 11.8 Å². The number of nitrogens with one attached hydrogen (secondary N) is 1. The van der Waals surface area contributed by atoms with E-state index in [2.05, 4.69) is 5.32 Å². The maximum Gasteiger partial charge on any atom is 0.255 e. The quantitative estimate of drug-likeness (QED) is 0.774. The first-order chi connectivity index (χ1) is 12.7. The molecule has 0 radical (unpaired) electrons. The summed E-state index contributed by atoms with van der Waals surface area (Å²) in [4.78, 5) is 27.3. The second-order valence-corrected chi connectivity index (χ2v) is 6.06. The monoisotopic (exact) mass is 354 g/mol. The van der Waals surface area contributed by atoms with Crippen LogP contribution in [0.4, 0.5) is 0 Å². The molecule has 136 valence electrons. The summed E-state index contributed by atoms with van der Waals surface area (Å²) in [6.45, 7) is 1.15. The Morgan fingerprint density at radius 3 is 2.73 bits per heavy atom. The van der Waals surface area contributed by atoms with Crippen LogP contribution in [0.3, 0.4) is 0 Å². The minimum absolute atomic E-state index is 0.143. The Morgan fingerprint density at radius 1 is 1.15 bits per heavy atom. The van der Waals surface area contributed by atoms with Gasteiger partial charge in [0.25, 0.3) is 5.91 Å². The van der Waals surface area contributed by atoms with E-state index < -0.39 is 6.04 Å². The summed E-state index contributed by atoms with van der Waals surface area (Å²) in [5.74, 6) is 0.367. The molecule has 0 bridgehead atoms. The van der Waals surface area contributed by atoms with Crippen molar-refractivity contribution in [1.82, 2.24) is 10.2 Å². The molecule has 1 N–H and O–H groups in total. The predicted molar refractivity (Wildman–Crippen MR) is 96.9 cm³/mol. The second kappa shape index (κ2) is 8.01. The highest BCUT2D eigenvalue weighted by atomic mass is 16.5. The van der Waals surface area contributed by atoms with Crippen LogP contribution in [0.15, 0.2) is 48.5 Å². The number of benzene rings is 2. The SMILES string of the molecule is COCCNC(=O)C1c2ccccc2C(=O)N1Cc1cccc(OC)c1. The number of carbonyl (C=O) groups is 2. The van der Waals surface area contributed by atoms with Crippen molar-refractivity contribution in [3.8, 4) is 5.75 Å². The lowest BCUT2D eigenvalue weighted by molar-refractivity contribution is -0.125. The summed E-state index contributed by atoms with van der Waals surface area (Å²) in [7, 11) is 3.18. The molecule has 0 saturated heterocycles. The average Bonchev–Trinajstić information content (AvgIpc) is 2.94. The van der Waals surface area contributed by atoms with Crippen molar-refractivity contribution in [2.45, 2.75) is 12.6 Å². The van der Waals surface area contributed by atoms with Crippen molar-refractivity contribution < 1.29 is 19.1 Å². The molecule has 6 heteroatoms. The van der Waals surface area contributed by atoms with E-state index in [0.29, 0.717) is 31.0 Å². The van der Waals surface area contributed by atoms with Gasteiger partial charge < -0.3 is 19.7 Å². The number of amides is 2. The van der Waals surface area contributed by atoms with E-state index in [0.717, 1.165) is 11.1 Å². The average molecular weight is 354 g/mol. The molecule has 1 unspecified atom stereocenters. The first-order valence-corrected chi connectivity index (χ1v) is 8.45. The number of nitrogens with zero attached hydrogens (tertiary/aromatic N) is 1. The van der Waals surface area contributed by atoms with E-state index in [4.69, 9.17) is 9.47 Å². The van der Waals surface area contributed by atoms with Crippen LogP contribution in [0.25, 0.3) is 0 Å². The Kier molecular flexibility index (Phi) is 5.53. The van der Waals surface area contributed by atoms with Crippen LogP contribution in [-0.4, -0.2) is 44.1 Å². The number of fused-ring (bicyclic) bond motifs is 1. The molecule has 1 heterocycles. The van der Waals surface area contributed by atoms with Gasteiger partial charge in [-0.25, -0.2) is 0 Å². The van der Waals surface area contributed by atoms with Crippen LogP contribution in [0, 0.1) is 0 Å². The molecule has 2 amide bonds. The van der Waals surface area contributed by atoms with Crippen molar-refractivity contribution in [2.24, 2.45) is 0 Å². The zero-order chi connectivity index (χ0) is 18.5. The summed E-state index contributed by atoms with van der Waals surface area (Å²) in [6, 6.07) is 14.1. The van der Waals surface area contributed by atoms with Crippen molar-refractivity contribution in [3.63, 3.8) is 0 Å². The fraction of sp³-hybridized carbons (Fsp3) is 0.300. The minimum Gasteiger partial charge on any atom is -0.497 e. The van der Waals surface area contributed by atoms with Gasteiger partial charge in [-0.2, -0.15) is 0 Å². The van der Waals surface area contributed by atoms with Gasteiger partial charge in [0, 0.05) is 25.8 Å². The summed E-state index contributed by atoms with van der Waals surface area (Å²) in [5.41, 5.74) is 2.21.